The molecule has 1 unspecified atom stereocenters. The van der Waals surface area contributed by atoms with E-state index in [0.717, 1.165) is 12.1 Å². The minimum absolute atomic E-state index is 0.0854. The number of benzene rings is 1. The Labute approximate surface area is 122 Å². The predicted molar refractivity (Wildman–Crippen MR) is 69.9 cm³/mol. The van der Waals surface area contributed by atoms with Gasteiger partial charge in [0.05, 0.1) is 13.0 Å². The molecule has 108 valence electrons. The van der Waals surface area contributed by atoms with Gasteiger partial charge in [-0.1, -0.05) is 15.9 Å². The van der Waals surface area contributed by atoms with E-state index in [4.69, 9.17) is 4.74 Å². The molecule has 7 heteroatoms. The SMILES string of the molecule is O=C1CC(OC(=O)CCc2c(F)cc(Br)cc2F)CN1. The van der Waals surface area contributed by atoms with Crippen LogP contribution in [0.25, 0.3) is 0 Å². The van der Waals surface area contributed by atoms with Gasteiger partial charge in [0.15, 0.2) is 0 Å². The second-order valence-corrected chi connectivity index (χ2v) is 5.38. The summed E-state index contributed by atoms with van der Waals surface area (Å²) in [5.41, 5.74) is -0.147. The maximum Gasteiger partial charge on any atom is 0.306 e. The lowest BCUT2D eigenvalue weighted by molar-refractivity contribution is -0.148. The number of nitrogens with one attached hydrogen (secondary N) is 1. The molecule has 0 aliphatic carbocycles. The standard InChI is InChI=1S/C13H12BrF2NO3/c14-7-3-10(15)9(11(16)4-7)1-2-13(19)20-8-5-12(18)17-6-8/h3-4,8H,1-2,5-6H2,(H,17,18). The highest BCUT2D eigenvalue weighted by atomic mass is 79.9. The molecule has 1 aliphatic heterocycles. The Bertz CT molecular complexity index is 527. The fourth-order valence-corrected chi connectivity index (χ4v) is 2.35. The highest BCUT2D eigenvalue weighted by Gasteiger charge is 2.25. The fraction of sp³-hybridized carbons (Fsp3) is 0.385. The van der Waals surface area contributed by atoms with Crippen LogP contribution >= 0.6 is 15.9 Å². The number of halogens is 3. The van der Waals surface area contributed by atoms with E-state index in [9.17, 15) is 18.4 Å². The molecule has 1 aromatic carbocycles. The molecule has 1 fully saturated rings. The maximum atomic E-state index is 13.5. The number of carbonyl (C=O) groups excluding carboxylic acids is 2. The molecule has 2 rings (SSSR count). The summed E-state index contributed by atoms with van der Waals surface area (Å²) in [7, 11) is 0. The largest absolute Gasteiger partial charge is 0.460 e. The zero-order valence-electron chi connectivity index (χ0n) is 10.4. The first-order valence-electron chi connectivity index (χ1n) is 6.05. The Morgan fingerprint density at radius 2 is 2.05 bits per heavy atom. The molecular weight excluding hydrogens is 336 g/mol. The molecule has 4 nitrogen and oxygen atoms in total. The molecule has 0 saturated carbocycles. The average Bonchev–Trinajstić information content (AvgIpc) is 2.73. The van der Waals surface area contributed by atoms with Crippen LogP contribution in [0.15, 0.2) is 16.6 Å². The molecule has 0 radical (unpaired) electrons. The first-order chi connectivity index (χ1) is 9.45. The number of rotatable bonds is 4. The maximum absolute atomic E-state index is 13.5. The summed E-state index contributed by atoms with van der Waals surface area (Å²) < 4.78 is 32.4. The zero-order chi connectivity index (χ0) is 14.7. The van der Waals surface area contributed by atoms with Crippen LogP contribution in [0.5, 0.6) is 0 Å². The van der Waals surface area contributed by atoms with Crippen molar-refractivity contribution in [3.63, 3.8) is 0 Å². The third-order valence-corrected chi connectivity index (χ3v) is 3.38. The van der Waals surface area contributed by atoms with Crippen molar-refractivity contribution in [1.82, 2.24) is 5.32 Å². The van der Waals surface area contributed by atoms with Gasteiger partial charge in [-0.15, -0.1) is 0 Å². The summed E-state index contributed by atoms with van der Waals surface area (Å²) in [5, 5.41) is 2.53. The summed E-state index contributed by atoms with van der Waals surface area (Å²) in [6, 6.07) is 2.28. The van der Waals surface area contributed by atoms with Crippen molar-refractivity contribution < 1.29 is 23.1 Å². The first-order valence-corrected chi connectivity index (χ1v) is 6.84. The van der Waals surface area contributed by atoms with E-state index in [2.05, 4.69) is 21.2 Å². The summed E-state index contributed by atoms with van der Waals surface area (Å²) in [5.74, 6) is -2.16. The van der Waals surface area contributed by atoms with Crippen LogP contribution in [-0.4, -0.2) is 24.5 Å². The summed E-state index contributed by atoms with van der Waals surface area (Å²) in [4.78, 5) is 22.5. The summed E-state index contributed by atoms with van der Waals surface area (Å²) in [6.07, 6.45) is -0.584. The molecular formula is C13H12BrF2NO3. The Hall–Kier alpha value is -1.50. The summed E-state index contributed by atoms with van der Waals surface area (Å²) >= 11 is 2.98. The van der Waals surface area contributed by atoms with Gasteiger partial charge in [-0.25, -0.2) is 8.78 Å². The minimum Gasteiger partial charge on any atom is -0.460 e. The van der Waals surface area contributed by atoms with Crippen molar-refractivity contribution in [2.24, 2.45) is 0 Å². The van der Waals surface area contributed by atoms with Crippen molar-refractivity contribution in [2.45, 2.75) is 25.4 Å². The summed E-state index contributed by atoms with van der Waals surface area (Å²) in [6.45, 7) is 0.283. The van der Waals surface area contributed by atoms with Crippen LogP contribution in [0.2, 0.25) is 0 Å². The Balaban J connectivity index is 1.89. The highest BCUT2D eigenvalue weighted by molar-refractivity contribution is 9.10. The van der Waals surface area contributed by atoms with Gasteiger partial charge in [0.25, 0.3) is 0 Å². The van der Waals surface area contributed by atoms with Gasteiger partial charge in [0.2, 0.25) is 5.91 Å². The van der Waals surface area contributed by atoms with Crippen molar-refractivity contribution >= 4 is 27.8 Å². The van der Waals surface area contributed by atoms with Crippen LogP contribution in [0.3, 0.4) is 0 Å². The quantitative estimate of drug-likeness (QED) is 0.848. The first kappa shape index (κ1) is 14.9. The van der Waals surface area contributed by atoms with E-state index < -0.39 is 23.7 Å². The predicted octanol–water partition coefficient (Wildman–Crippen LogP) is 2.09. The second-order valence-electron chi connectivity index (χ2n) is 4.47. The van der Waals surface area contributed by atoms with E-state index in [1.807, 2.05) is 0 Å². The van der Waals surface area contributed by atoms with Gasteiger partial charge < -0.3 is 10.1 Å². The molecule has 1 aromatic rings. The molecule has 1 aliphatic rings. The third kappa shape index (κ3) is 3.75. The number of carbonyl (C=O) groups is 2. The van der Waals surface area contributed by atoms with Gasteiger partial charge >= 0.3 is 5.97 Å². The van der Waals surface area contributed by atoms with Crippen LogP contribution in [-0.2, 0) is 20.7 Å². The third-order valence-electron chi connectivity index (χ3n) is 2.92. The van der Waals surface area contributed by atoms with Gasteiger partial charge in [-0.05, 0) is 18.6 Å². The van der Waals surface area contributed by atoms with E-state index in [1.165, 1.54) is 0 Å². The molecule has 1 saturated heterocycles. The number of esters is 1. The molecule has 0 aromatic heterocycles. The second kappa shape index (κ2) is 6.30. The van der Waals surface area contributed by atoms with Crippen LogP contribution in [0, 0.1) is 11.6 Å². The van der Waals surface area contributed by atoms with Crippen molar-refractivity contribution in [1.29, 1.82) is 0 Å². The topological polar surface area (TPSA) is 55.4 Å². The van der Waals surface area contributed by atoms with Gasteiger partial charge in [0, 0.05) is 16.5 Å². The van der Waals surface area contributed by atoms with Crippen molar-refractivity contribution in [3.05, 3.63) is 33.8 Å². The molecule has 1 atom stereocenters. The van der Waals surface area contributed by atoms with Gasteiger partial charge in [-0.2, -0.15) is 0 Å². The fourth-order valence-electron chi connectivity index (χ4n) is 1.94. The smallest absolute Gasteiger partial charge is 0.306 e. The molecule has 1 amide bonds. The van der Waals surface area contributed by atoms with E-state index in [0.29, 0.717) is 4.47 Å². The van der Waals surface area contributed by atoms with E-state index >= 15 is 0 Å². The highest BCUT2D eigenvalue weighted by Crippen LogP contribution is 2.21. The number of amides is 1. The van der Waals surface area contributed by atoms with E-state index in [-0.39, 0.29) is 37.3 Å². The normalized spacial score (nSPS) is 17.9. The van der Waals surface area contributed by atoms with Crippen LogP contribution in [0.1, 0.15) is 18.4 Å². The lowest BCUT2D eigenvalue weighted by Crippen LogP contribution is -2.21. The van der Waals surface area contributed by atoms with E-state index in [1.54, 1.807) is 0 Å². The molecule has 1 N–H and O–H groups in total. The van der Waals surface area contributed by atoms with Crippen molar-refractivity contribution in [2.75, 3.05) is 6.54 Å². The molecule has 0 spiro atoms. The van der Waals surface area contributed by atoms with Crippen molar-refractivity contribution in [3.8, 4) is 0 Å². The Morgan fingerprint density at radius 1 is 1.40 bits per heavy atom. The lowest BCUT2D eigenvalue weighted by Gasteiger charge is -2.10. The molecule has 1 heterocycles. The lowest BCUT2D eigenvalue weighted by atomic mass is 10.1. The monoisotopic (exact) mass is 347 g/mol. The number of hydrogen-bond acceptors (Lipinski definition) is 3. The Kier molecular flexibility index (Phi) is 4.69. The molecule has 0 bridgehead atoms. The van der Waals surface area contributed by atoms with Crippen LogP contribution in [0.4, 0.5) is 8.78 Å². The van der Waals surface area contributed by atoms with Crippen LogP contribution < -0.4 is 5.32 Å². The number of hydrogen-bond donors (Lipinski definition) is 1. The Morgan fingerprint density at radius 3 is 2.60 bits per heavy atom. The zero-order valence-corrected chi connectivity index (χ0v) is 12.0. The average molecular weight is 348 g/mol. The minimum atomic E-state index is -0.706. The molecule has 20 heavy (non-hydrogen) atoms. The van der Waals surface area contributed by atoms with Gasteiger partial charge in [-0.3, -0.25) is 9.59 Å². The van der Waals surface area contributed by atoms with Gasteiger partial charge in [0.1, 0.15) is 17.7 Å². The number of ether oxygens (including phenoxy) is 1.